The van der Waals surface area contributed by atoms with Crippen molar-refractivity contribution in [3.63, 3.8) is 0 Å². The van der Waals surface area contributed by atoms with Gasteiger partial charge in [0.1, 0.15) is 0 Å². The number of methoxy groups -OCH3 is 1. The summed E-state index contributed by atoms with van der Waals surface area (Å²) in [4.78, 5) is 12.5. The number of halogens is 1. The molecular formula is C17H25FN2O2. The second-order valence-electron chi connectivity index (χ2n) is 6.43. The molecule has 0 saturated heterocycles. The first-order valence-corrected chi connectivity index (χ1v) is 7.78. The summed E-state index contributed by atoms with van der Waals surface area (Å²) in [5, 5.41) is 2.96. The summed E-state index contributed by atoms with van der Waals surface area (Å²) in [5.74, 6) is -0.466. The molecule has 0 heterocycles. The van der Waals surface area contributed by atoms with E-state index in [2.05, 4.69) is 5.32 Å². The third-order valence-electron chi connectivity index (χ3n) is 4.61. The molecule has 0 radical (unpaired) electrons. The predicted molar refractivity (Wildman–Crippen MR) is 84.1 cm³/mol. The van der Waals surface area contributed by atoms with Crippen LogP contribution in [-0.2, 0) is 4.79 Å². The lowest BCUT2D eigenvalue weighted by Gasteiger charge is -2.37. The molecule has 3 unspecified atom stereocenters. The molecule has 1 aliphatic carbocycles. The zero-order valence-electron chi connectivity index (χ0n) is 13.5. The Kier molecular flexibility index (Phi) is 5.06. The van der Waals surface area contributed by atoms with Gasteiger partial charge in [-0.25, -0.2) is 4.39 Å². The van der Waals surface area contributed by atoms with Crippen molar-refractivity contribution in [1.29, 1.82) is 0 Å². The second kappa shape index (κ2) is 6.65. The highest BCUT2D eigenvalue weighted by Gasteiger charge is 2.38. The van der Waals surface area contributed by atoms with E-state index in [1.807, 2.05) is 13.8 Å². The minimum Gasteiger partial charge on any atom is -0.494 e. The van der Waals surface area contributed by atoms with Crippen LogP contribution in [0.3, 0.4) is 0 Å². The quantitative estimate of drug-likeness (QED) is 0.899. The van der Waals surface area contributed by atoms with Gasteiger partial charge in [-0.15, -0.1) is 0 Å². The van der Waals surface area contributed by atoms with E-state index in [1.54, 1.807) is 12.1 Å². The summed E-state index contributed by atoms with van der Waals surface area (Å²) < 4.78 is 18.7. The minimum atomic E-state index is -0.465. The Hall–Kier alpha value is -1.62. The van der Waals surface area contributed by atoms with Gasteiger partial charge in [0.05, 0.1) is 19.1 Å². The molecule has 22 heavy (non-hydrogen) atoms. The second-order valence-corrected chi connectivity index (χ2v) is 6.43. The van der Waals surface area contributed by atoms with E-state index in [0.29, 0.717) is 5.56 Å². The van der Waals surface area contributed by atoms with Crippen LogP contribution in [0.25, 0.3) is 0 Å². The molecule has 0 aliphatic heterocycles. The van der Waals surface area contributed by atoms with Crippen molar-refractivity contribution in [3.8, 4) is 5.75 Å². The molecule has 2 rings (SSSR count). The molecule has 1 fully saturated rings. The number of amides is 1. The number of ether oxygens (including phenoxy) is 1. The zero-order chi connectivity index (χ0) is 16.3. The van der Waals surface area contributed by atoms with Crippen molar-refractivity contribution >= 4 is 5.91 Å². The van der Waals surface area contributed by atoms with E-state index in [9.17, 15) is 9.18 Å². The maximum atomic E-state index is 13.8. The lowest BCUT2D eigenvalue weighted by molar-refractivity contribution is -0.128. The average Bonchev–Trinajstić information content (AvgIpc) is 2.46. The highest BCUT2D eigenvalue weighted by atomic mass is 19.1. The highest BCUT2D eigenvalue weighted by Crippen LogP contribution is 2.32. The molecule has 0 spiro atoms. The third kappa shape index (κ3) is 3.58. The standard InChI is InChI=1S/C17H25FN2O2/c1-11(12-7-8-15(22-3)14(18)10-12)20-16(21)13-6-4-5-9-17(13,2)19/h7-8,10-11,13H,4-6,9,19H2,1-3H3,(H,20,21). The monoisotopic (exact) mass is 308 g/mol. The first-order valence-electron chi connectivity index (χ1n) is 7.78. The molecule has 1 aromatic rings. The van der Waals surface area contributed by atoms with Gasteiger partial charge < -0.3 is 15.8 Å². The lowest BCUT2D eigenvalue weighted by Crippen LogP contribution is -2.53. The third-order valence-corrected chi connectivity index (χ3v) is 4.61. The van der Waals surface area contributed by atoms with Crippen LogP contribution in [0.15, 0.2) is 18.2 Å². The number of hydrogen-bond acceptors (Lipinski definition) is 3. The molecule has 0 bridgehead atoms. The van der Waals surface area contributed by atoms with E-state index in [0.717, 1.165) is 25.7 Å². The van der Waals surface area contributed by atoms with Gasteiger partial charge in [-0.3, -0.25) is 4.79 Å². The van der Waals surface area contributed by atoms with Gasteiger partial charge in [0.15, 0.2) is 11.6 Å². The smallest absolute Gasteiger partial charge is 0.225 e. The summed E-state index contributed by atoms with van der Waals surface area (Å²) in [5.41, 5.74) is 6.51. The van der Waals surface area contributed by atoms with Gasteiger partial charge in [0, 0.05) is 5.54 Å². The highest BCUT2D eigenvalue weighted by molar-refractivity contribution is 5.80. The summed E-state index contributed by atoms with van der Waals surface area (Å²) >= 11 is 0. The van der Waals surface area contributed by atoms with E-state index >= 15 is 0 Å². The summed E-state index contributed by atoms with van der Waals surface area (Å²) in [7, 11) is 1.43. The molecule has 1 amide bonds. The molecule has 0 aromatic heterocycles. The van der Waals surface area contributed by atoms with E-state index in [4.69, 9.17) is 10.5 Å². The number of rotatable bonds is 4. The number of carbonyl (C=O) groups is 1. The topological polar surface area (TPSA) is 64.3 Å². The van der Waals surface area contributed by atoms with Crippen molar-refractivity contribution in [3.05, 3.63) is 29.6 Å². The maximum absolute atomic E-state index is 13.8. The molecule has 1 saturated carbocycles. The van der Waals surface area contributed by atoms with E-state index in [1.165, 1.54) is 13.2 Å². The lowest BCUT2D eigenvalue weighted by atomic mass is 9.74. The Morgan fingerprint density at radius 1 is 1.50 bits per heavy atom. The van der Waals surface area contributed by atoms with Gasteiger partial charge in [0.2, 0.25) is 5.91 Å². The summed E-state index contributed by atoms with van der Waals surface area (Å²) in [6.45, 7) is 3.78. The fraction of sp³-hybridized carbons (Fsp3) is 0.588. The molecular weight excluding hydrogens is 283 g/mol. The molecule has 1 aromatic carbocycles. The maximum Gasteiger partial charge on any atom is 0.225 e. The number of hydrogen-bond donors (Lipinski definition) is 2. The molecule has 5 heteroatoms. The van der Waals surface area contributed by atoms with Gasteiger partial charge in [-0.2, -0.15) is 0 Å². The number of carbonyl (C=O) groups excluding carboxylic acids is 1. The predicted octanol–water partition coefficient (Wildman–Crippen LogP) is 2.92. The first-order chi connectivity index (χ1) is 10.3. The largest absolute Gasteiger partial charge is 0.494 e. The van der Waals surface area contributed by atoms with Crippen LogP contribution >= 0.6 is 0 Å². The molecule has 122 valence electrons. The van der Waals surface area contributed by atoms with Crippen LogP contribution in [-0.4, -0.2) is 18.6 Å². The van der Waals surface area contributed by atoms with E-state index < -0.39 is 11.4 Å². The van der Waals surface area contributed by atoms with Crippen LogP contribution in [0.1, 0.15) is 51.1 Å². The van der Waals surface area contributed by atoms with Gasteiger partial charge in [-0.05, 0) is 44.4 Å². The van der Waals surface area contributed by atoms with Crippen LogP contribution in [0.5, 0.6) is 5.75 Å². The van der Waals surface area contributed by atoms with Crippen LogP contribution < -0.4 is 15.8 Å². The molecule has 4 nitrogen and oxygen atoms in total. The number of benzene rings is 1. The number of nitrogens with one attached hydrogen (secondary N) is 1. The Bertz CT molecular complexity index is 545. The Morgan fingerprint density at radius 3 is 2.82 bits per heavy atom. The van der Waals surface area contributed by atoms with Crippen LogP contribution in [0.2, 0.25) is 0 Å². The van der Waals surface area contributed by atoms with Crippen LogP contribution in [0.4, 0.5) is 4.39 Å². The van der Waals surface area contributed by atoms with Crippen molar-refractivity contribution in [1.82, 2.24) is 5.32 Å². The SMILES string of the molecule is COc1ccc(C(C)NC(=O)C2CCCCC2(C)N)cc1F. The summed E-state index contributed by atoms with van der Waals surface area (Å²) in [6, 6.07) is 4.45. The Balaban J connectivity index is 2.06. The fourth-order valence-corrected chi connectivity index (χ4v) is 3.14. The average molecular weight is 308 g/mol. The van der Waals surface area contributed by atoms with Crippen molar-refractivity contribution < 1.29 is 13.9 Å². The van der Waals surface area contributed by atoms with Crippen molar-refractivity contribution in [2.45, 2.75) is 51.1 Å². The van der Waals surface area contributed by atoms with Crippen molar-refractivity contribution in [2.24, 2.45) is 11.7 Å². The normalized spacial score (nSPS) is 26.3. The first kappa shape index (κ1) is 16.7. The molecule has 3 N–H and O–H groups in total. The van der Waals surface area contributed by atoms with Gasteiger partial charge in [0.25, 0.3) is 0 Å². The molecule has 3 atom stereocenters. The Morgan fingerprint density at radius 2 is 2.23 bits per heavy atom. The van der Waals surface area contributed by atoms with Gasteiger partial charge in [-0.1, -0.05) is 18.9 Å². The molecule has 1 aliphatic rings. The Labute approximate surface area is 131 Å². The van der Waals surface area contributed by atoms with Gasteiger partial charge >= 0.3 is 0 Å². The zero-order valence-corrected chi connectivity index (χ0v) is 13.5. The van der Waals surface area contributed by atoms with Crippen molar-refractivity contribution in [2.75, 3.05) is 7.11 Å². The minimum absolute atomic E-state index is 0.0478. The summed E-state index contributed by atoms with van der Waals surface area (Å²) in [6.07, 6.45) is 3.76. The fourth-order valence-electron chi connectivity index (χ4n) is 3.14. The van der Waals surface area contributed by atoms with E-state index in [-0.39, 0.29) is 23.6 Å². The number of nitrogens with two attached hydrogens (primary N) is 1. The van der Waals surface area contributed by atoms with Crippen LogP contribution in [0, 0.1) is 11.7 Å².